The van der Waals surface area contributed by atoms with Gasteiger partial charge in [0, 0.05) is 29.8 Å². The van der Waals surface area contributed by atoms with Crippen LogP contribution in [0, 0.1) is 0 Å². The van der Waals surface area contributed by atoms with Crippen molar-refractivity contribution in [1.29, 1.82) is 0 Å². The highest BCUT2D eigenvalue weighted by molar-refractivity contribution is 7.99. The summed E-state index contributed by atoms with van der Waals surface area (Å²) in [5.41, 5.74) is 6.64. The van der Waals surface area contributed by atoms with Crippen molar-refractivity contribution in [2.24, 2.45) is 7.05 Å². The van der Waals surface area contributed by atoms with E-state index >= 15 is 0 Å². The Balaban J connectivity index is 1.95. The van der Waals surface area contributed by atoms with E-state index in [4.69, 9.17) is 15.2 Å². The summed E-state index contributed by atoms with van der Waals surface area (Å²) in [5.74, 6) is 1.42. The molecule has 0 saturated carbocycles. The van der Waals surface area contributed by atoms with E-state index in [1.54, 1.807) is 10.7 Å². The minimum atomic E-state index is 0.558. The quantitative estimate of drug-likeness (QED) is 0.824. The summed E-state index contributed by atoms with van der Waals surface area (Å²) in [7, 11) is 1.84. The van der Waals surface area contributed by atoms with Crippen molar-refractivity contribution >= 4 is 17.4 Å². The molecule has 0 bridgehead atoms. The number of ether oxygens (including phenoxy) is 2. The van der Waals surface area contributed by atoms with Crippen molar-refractivity contribution in [2.45, 2.75) is 10.1 Å². The lowest BCUT2D eigenvalue weighted by Gasteiger charge is -2.19. The van der Waals surface area contributed by atoms with Gasteiger partial charge in [-0.25, -0.2) is 9.67 Å². The zero-order chi connectivity index (χ0) is 12.5. The predicted octanol–water partition coefficient (Wildman–Crippen LogP) is 1.32. The maximum absolute atomic E-state index is 6.00. The number of nitrogens with zero attached hydrogens (tertiary/aromatic N) is 3. The van der Waals surface area contributed by atoms with E-state index in [9.17, 15) is 0 Å². The standard InChI is InChI=1S/C11H12N4O2S/c1-15-11(13-6-14-15)18-10-5-9-8(4-7(10)12)16-2-3-17-9/h4-6H,2-3,12H2,1H3. The molecule has 0 unspecified atom stereocenters. The molecule has 7 heteroatoms. The molecule has 0 amide bonds. The van der Waals surface area contributed by atoms with Crippen LogP contribution in [0.25, 0.3) is 0 Å². The Morgan fingerprint density at radius 3 is 2.67 bits per heavy atom. The van der Waals surface area contributed by atoms with Crippen LogP contribution in [0.2, 0.25) is 0 Å². The first-order valence-electron chi connectivity index (χ1n) is 5.45. The molecule has 1 aliphatic rings. The molecule has 2 N–H and O–H groups in total. The van der Waals surface area contributed by atoms with Crippen LogP contribution in [0.1, 0.15) is 0 Å². The maximum Gasteiger partial charge on any atom is 0.190 e. The van der Waals surface area contributed by atoms with Gasteiger partial charge in [0.05, 0.1) is 0 Å². The predicted molar refractivity (Wildman–Crippen MR) is 67.0 cm³/mol. The van der Waals surface area contributed by atoms with Crippen LogP contribution >= 0.6 is 11.8 Å². The molecule has 0 radical (unpaired) electrons. The molecule has 1 aliphatic heterocycles. The van der Waals surface area contributed by atoms with E-state index in [2.05, 4.69) is 10.1 Å². The van der Waals surface area contributed by atoms with Gasteiger partial charge in [-0.05, 0) is 11.8 Å². The molecule has 1 aromatic carbocycles. The molecule has 18 heavy (non-hydrogen) atoms. The highest BCUT2D eigenvalue weighted by atomic mass is 32.2. The van der Waals surface area contributed by atoms with E-state index in [0.717, 1.165) is 15.8 Å². The van der Waals surface area contributed by atoms with Gasteiger partial charge in [-0.2, -0.15) is 5.10 Å². The van der Waals surface area contributed by atoms with Gasteiger partial charge in [-0.3, -0.25) is 0 Å². The van der Waals surface area contributed by atoms with Crippen molar-refractivity contribution in [3.8, 4) is 11.5 Å². The molecule has 0 spiro atoms. The van der Waals surface area contributed by atoms with E-state index in [-0.39, 0.29) is 0 Å². The van der Waals surface area contributed by atoms with E-state index in [1.807, 2.05) is 13.1 Å². The van der Waals surface area contributed by atoms with Gasteiger partial charge in [-0.1, -0.05) is 0 Å². The number of fused-ring (bicyclic) bond motifs is 1. The molecule has 0 fully saturated rings. The smallest absolute Gasteiger partial charge is 0.190 e. The lowest BCUT2D eigenvalue weighted by molar-refractivity contribution is 0.171. The molecule has 0 saturated heterocycles. The van der Waals surface area contributed by atoms with Gasteiger partial charge in [0.2, 0.25) is 0 Å². The maximum atomic E-state index is 6.00. The first-order chi connectivity index (χ1) is 8.74. The SMILES string of the molecule is Cn1ncnc1Sc1cc2c(cc1N)OCCO2. The van der Waals surface area contributed by atoms with E-state index in [0.29, 0.717) is 24.7 Å². The number of nitrogen functional groups attached to an aromatic ring is 1. The minimum absolute atomic E-state index is 0.558. The number of aromatic nitrogens is 3. The molecular formula is C11H12N4O2S. The fourth-order valence-corrected chi connectivity index (χ4v) is 2.47. The van der Waals surface area contributed by atoms with Gasteiger partial charge in [0.1, 0.15) is 19.5 Å². The van der Waals surface area contributed by atoms with Gasteiger partial charge in [0.15, 0.2) is 16.7 Å². The number of nitrogens with two attached hydrogens (primary N) is 1. The topological polar surface area (TPSA) is 75.2 Å². The first kappa shape index (κ1) is 11.2. The summed E-state index contributed by atoms with van der Waals surface area (Å²) in [5, 5.41) is 4.79. The Labute approximate surface area is 108 Å². The molecule has 94 valence electrons. The van der Waals surface area contributed by atoms with E-state index < -0.39 is 0 Å². The first-order valence-corrected chi connectivity index (χ1v) is 6.26. The van der Waals surface area contributed by atoms with Crippen molar-refractivity contribution < 1.29 is 9.47 Å². The summed E-state index contributed by atoms with van der Waals surface area (Å²) in [6.07, 6.45) is 1.51. The highest BCUT2D eigenvalue weighted by Crippen LogP contribution is 2.40. The molecule has 2 aromatic rings. The Hall–Kier alpha value is -1.89. The van der Waals surface area contributed by atoms with Gasteiger partial charge >= 0.3 is 0 Å². The average Bonchev–Trinajstić information content (AvgIpc) is 2.76. The largest absolute Gasteiger partial charge is 0.486 e. The summed E-state index contributed by atoms with van der Waals surface area (Å²) < 4.78 is 12.7. The Bertz CT molecular complexity index is 584. The third-order valence-corrected chi connectivity index (χ3v) is 3.67. The summed E-state index contributed by atoms with van der Waals surface area (Å²) in [4.78, 5) is 5.04. The molecule has 2 heterocycles. The van der Waals surface area contributed by atoms with Crippen LogP contribution in [0.4, 0.5) is 5.69 Å². The van der Waals surface area contributed by atoms with Crippen molar-refractivity contribution in [3.05, 3.63) is 18.5 Å². The fourth-order valence-electron chi connectivity index (χ4n) is 1.65. The normalized spacial score (nSPS) is 13.6. The summed E-state index contributed by atoms with van der Waals surface area (Å²) in [6, 6.07) is 3.66. The van der Waals surface area contributed by atoms with E-state index in [1.165, 1.54) is 18.1 Å². The van der Waals surface area contributed by atoms with Crippen molar-refractivity contribution in [1.82, 2.24) is 14.8 Å². The lowest BCUT2D eigenvalue weighted by atomic mass is 10.2. The molecule has 6 nitrogen and oxygen atoms in total. The zero-order valence-corrected chi connectivity index (χ0v) is 10.6. The number of rotatable bonds is 2. The second-order valence-electron chi connectivity index (χ2n) is 3.80. The van der Waals surface area contributed by atoms with Crippen LogP contribution in [0.15, 0.2) is 28.5 Å². The number of anilines is 1. The summed E-state index contributed by atoms with van der Waals surface area (Å²) in [6.45, 7) is 1.12. The van der Waals surface area contributed by atoms with Crippen molar-refractivity contribution in [2.75, 3.05) is 18.9 Å². The van der Waals surface area contributed by atoms with Crippen LogP contribution in [-0.4, -0.2) is 28.0 Å². The van der Waals surface area contributed by atoms with Crippen molar-refractivity contribution in [3.63, 3.8) is 0 Å². The highest BCUT2D eigenvalue weighted by Gasteiger charge is 2.16. The third-order valence-electron chi connectivity index (χ3n) is 2.55. The lowest BCUT2D eigenvalue weighted by Crippen LogP contribution is -2.15. The molecule has 1 aromatic heterocycles. The second-order valence-corrected chi connectivity index (χ2v) is 4.81. The molecular weight excluding hydrogens is 252 g/mol. The average molecular weight is 264 g/mol. The van der Waals surface area contributed by atoms with Gasteiger partial charge < -0.3 is 15.2 Å². The monoisotopic (exact) mass is 264 g/mol. The summed E-state index contributed by atoms with van der Waals surface area (Å²) >= 11 is 1.45. The Morgan fingerprint density at radius 1 is 1.28 bits per heavy atom. The van der Waals surface area contributed by atoms with Gasteiger partial charge in [0.25, 0.3) is 0 Å². The number of hydrogen-bond acceptors (Lipinski definition) is 6. The number of hydrogen-bond donors (Lipinski definition) is 1. The van der Waals surface area contributed by atoms with Crippen LogP contribution < -0.4 is 15.2 Å². The third kappa shape index (κ3) is 1.97. The Kier molecular flexibility index (Phi) is 2.75. The zero-order valence-electron chi connectivity index (χ0n) is 9.79. The van der Waals surface area contributed by atoms with Crippen LogP contribution in [0.5, 0.6) is 11.5 Å². The van der Waals surface area contributed by atoms with Crippen LogP contribution in [-0.2, 0) is 7.05 Å². The molecule has 3 rings (SSSR count). The second kappa shape index (κ2) is 4.41. The van der Waals surface area contributed by atoms with Crippen LogP contribution in [0.3, 0.4) is 0 Å². The number of aryl methyl sites for hydroxylation is 1. The van der Waals surface area contributed by atoms with Gasteiger partial charge in [-0.15, -0.1) is 0 Å². The molecule has 0 atom stereocenters. The molecule has 0 aliphatic carbocycles. The minimum Gasteiger partial charge on any atom is -0.486 e. The fraction of sp³-hybridized carbons (Fsp3) is 0.273. The Morgan fingerprint density at radius 2 is 2.00 bits per heavy atom. The number of benzene rings is 1.